The summed E-state index contributed by atoms with van der Waals surface area (Å²) in [7, 11) is 0. The summed E-state index contributed by atoms with van der Waals surface area (Å²) >= 11 is 0. The smallest absolute Gasteiger partial charge is 0.281 e. The second kappa shape index (κ2) is 6.83. The fraction of sp³-hybridized carbons (Fsp3) is 0.300. The molecule has 3 aromatic rings. The number of nitrogens with one attached hydrogen (secondary N) is 2. The van der Waals surface area contributed by atoms with Gasteiger partial charge in [-0.1, -0.05) is 18.2 Å². The second-order valence-corrected chi connectivity index (χ2v) is 6.91. The van der Waals surface area contributed by atoms with Gasteiger partial charge < -0.3 is 0 Å². The Morgan fingerprint density at radius 3 is 2.70 bits per heavy atom. The maximum absolute atomic E-state index is 12.3. The third-order valence-corrected chi connectivity index (χ3v) is 4.83. The number of hydrogen-bond acceptors (Lipinski definition) is 4. The average molecular weight is 362 g/mol. The van der Waals surface area contributed by atoms with E-state index in [4.69, 9.17) is 0 Å². The van der Waals surface area contributed by atoms with Gasteiger partial charge in [0.2, 0.25) is 0 Å². The molecule has 2 N–H and O–H groups in total. The van der Waals surface area contributed by atoms with Crippen LogP contribution in [-0.4, -0.2) is 31.6 Å². The van der Waals surface area contributed by atoms with Crippen LogP contribution in [0.4, 0.5) is 0 Å². The molecule has 27 heavy (non-hydrogen) atoms. The number of aryl methyl sites for hydroxylation is 1. The number of amides is 1. The Labute approximate surface area is 157 Å². The van der Waals surface area contributed by atoms with Gasteiger partial charge in [-0.3, -0.25) is 9.89 Å². The summed E-state index contributed by atoms with van der Waals surface area (Å²) in [5, 5.41) is 15.9. The molecule has 1 amide bonds. The van der Waals surface area contributed by atoms with Crippen LogP contribution in [0.2, 0.25) is 0 Å². The fourth-order valence-electron chi connectivity index (χ4n) is 3.29. The van der Waals surface area contributed by atoms with Crippen LogP contribution in [0.25, 0.3) is 5.69 Å². The zero-order chi connectivity index (χ0) is 19.0. The minimum absolute atomic E-state index is 0.316. The monoisotopic (exact) mass is 362 g/mol. The molecule has 1 saturated carbocycles. The van der Waals surface area contributed by atoms with Crippen molar-refractivity contribution in [3.05, 3.63) is 64.7 Å². The zero-order valence-corrected chi connectivity index (χ0v) is 15.7. The number of para-hydroxylation sites is 1. The Morgan fingerprint density at radius 1 is 1.26 bits per heavy atom. The van der Waals surface area contributed by atoms with Crippen molar-refractivity contribution in [1.82, 2.24) is 25.4 Å². The molecule has 0 radical (unpaired) electrons. The third-order valence-electron chi connectivity index (χ3n) is 4.83. The van der Waals surface area contributed by atoms with Crippen LogP contribution in [0.1, 0.15) is 58.8 Å². The van der Waals surface area contributed by atoms with Gasteiger partial charge in [0.05, 0.1) is 22.8 Å². The normalized spacial score (nSPS) is 14.4. The van der Waals surface area contributed by atoms with Gasteiger partial charge in [-0.2, -0.15) is 15.3 Å². The summed E-state index contributed by atoms with van der Waals surface area (Å²) in [4.78, 5) is 12.3. The molecule has 0 aliphatic heterocycles. The van der Waals surface area contributed by atoms with E-state index in [-0.39, 0.29) is 5.91 Å². The molecule has 138 valence electrons. The number of H-pyrrole nitrogens is 1. The maximum atomic E-state index is 12.3. The zero-order valence-electron chi connectivity index (χ0n) is 15.7. The van der Waals surface area contributed by atoms with Crippen molar-refractivity contribution >= 4 is 11.6 Å². The van der Waals surface area contributed by atoms with Crippen molar-refractivity contribution in [2.75, 3.05) is 0 Å². The van der Waals surface area contributed by atoms with Crippen LogP contribution < -0.4 is 5.43 Å². The number of carbonyl (C=O) groups is 1. The van der Waals surface area contributed by atoms with Crippen molar-refractivity contribution in [2.24, 2.45) is 5.10 Å². The number of hydrogen-bond donors (Lipinski definition) is 2. The molecule has 1 fully saturated rings. The number of aromatic nitrogens is 4. The molecule has 0 unspecified atom stereocenters. The molecule has 7 heteroatoms. The van der Waals surface area contributed by atoms with Gasteiger partial charge in [0, 0.05) is 17.2 Å². The second-order valence-electron chi connectivity index (χ2n) is 6.91. The van der Waals surface area contributed by atoms with E-state index in [9.17, 15) is 4.79 Å². The topological polar surface area (TPSA) is 88.0 Å². The summed E-state index contributed by atoms with van der Waals surface area (Å²) in [5.74, 6) is 0.210. The first-order valence-electron chi connectivity index (χ1n) is 9.06. The Bertz CT molecular complexity index is 1010. The first-order chi connectivity index (χ1) is 13.0. The predicted molar refractivity (Wildman–Crippen MR) is 103 cm³/mol. The summed E-state index contributed by atoms with van der Waals surface area (Å²) in [6.45, 7) is 5.81. The maximum Gasteiger partial charge on any atom is 0.291 e. The molecule has 1 aliphatic rings. The lowest BCUT2D eigenvalue weighted by Gasteiger charge is -2.05. The lowest BCUT2D eigenvalue weighted by atomic mass is 10.1. The van der Waals surface area contributed by atoms with Gasteiger partial charge in [0.15, 0.2) is 5.69 Å². The highest BCUT2D eigenvalue weighted by Crippen LogP contribution is 2.38. The summed E-state index contributed by atoms with van der Waals surface area (Å²) in [6, 6.07) is 11.8. The Hall–Kier alpha value is -3.22. The van der Waals surface area contributed by atoms with E-state index >= 15 is 0 Å². The number of aromatic amines is 1. The number of hydrazone groups is 1. The molecule has 4 rings (SSSR count). The van der Waals surface area contributed by atoms with E-state index in [1.165, 1.54) is 0 Å². The quantitative estimate of drug-likeness (QED) is 0.539. The van der Waals surface area contributed by atoms with Gasteiger partial charge in [-0.25, -0.2) is 10.1 Å². The van der Waals surface area contributed by atoms with E-state index in [1.54, 1.807) is 0 Å². The highest BCUT2D eigenvalue weighted by Gasteiger charge is 2.26. The highest BCUT2D eigenvalue weighted by molar-refractivity contribution is 6.02. The molecule has 2 heterocycles. The van der Waals surface area contributed by atoms with Crippen molar-refractivity contribution in [1.29, 1.82) is 0 Å². The van der Waals surface area contributed by atoms with Gasteiger partial charge in [-0.05, 0) is 51.8 Å². The first kappa shape index (κ1) is 17.2. The molecule has 0 bridgehead atoms. The largest absolute Gasteiger partial charge is 0.291 e. The molecule has 7 nitrogen and oxygen atoms in total. The number of carbonyl (C=O) groups excluding carboxylic acids is 1. The Morgan fingerprint density at radius 2 is 2.00 bits per heavy atom. The predicted octanol–water partition coefficient (Wildman–Crippen LogP) is 3.24. The van der Waals surface area contributed by atoms with Crippen LogP contribution >= 0.6 is 0 Å². The number of benzene rings is 1. The third kappa shape index (κ3) is 3.40. The van der Waals surface area contributed by atoms with Gasteiger partial charge in [0.25, 0.3) is 5.91 Å². The van der Waals surface area contributed by atoms with Crippen molar-refractivity contribution < 1.29 is 4.79 Å². The SMILES string of the molecule is CC(=NNC(=O)c1cc(C2CC2)[nH]n1)c1c(C)nn(-c2ccccc2)c1C. The molecule has 1 aliphatic carbocycles. The lowest BCUT2D eigenvalue weighted by molar-refractivity contribution is 0.0950. The van der Waals surface area contributed by atoms with E-state index in [1.807, 2.05) is 61.9 Å². The molecular weight excluding hydrogens is 340 g/mol. The van der Waals surface area contributed by atoms with E-state index < -0.39 is 0 Å². The van der Waals surface area contributed by atoms with E-state index in [0.717, 1.165) is 41.2 Å². The van der Waals surface area contributed by atoms with Crippen molar-refractivity contribution in [3.63, 3.8) is 0 Å². The highest BCUT2D eigenvalue weighted by atomic mass is 16.2. The lowest BCUT2D eigenvalue weighted by Crippen LogP contribution is -2.20. The van der Waals surface area contributed by atoms with Crippen LogP contribution in [0.15, 0.2) is 41.5 Å². The number of rotatable bonds is 5. The summed E-state index contributed by atoms with van der Waals surface area (Å²) in [6.07, 6.45) is 2.31. The van der Waals surface area contributed by atoms with Gasteiger partial charge in [0.1, 0.15) is 0 Å². The molecule has 0 spiro atoms. The van der Waals surface area contributed by atoms with Gasteiger partial charge in [-0.15, -0.1) is 0 Å². The molecule has 0 saturated heterocycles. The Kier molecular flexibility index (Phi) is 4.35. The minimum atomic E-state index is -0.316. The van der Waals surface area contributed by atoms with Crippen molar-refractivity contribution in [2.45, 2.75) is 39.5 Å². The number of nitrogens with zero attached hydrogens (tertiary/aromatic N) is 4. The molecule has 2 aromatic heterocycles. The molecule has 1 aromatic carbocycles. The van der Waals surface area contributed by atoms with Crippen LogP contribution in [0, 0.1) is 13.8 Å². The Balaban J connectivity index is 1.54. The standard InChI is InChI=1S/C20H22N6O/c1-12(21-24-20(27)18-11-17(22-23-18)15-9-10-15)19-13(2)25-26(14(19)3)16-7-5-4-6-8-16/h4-8,11,15H,9-10H2,1-3H3,(H,22,23)(H,24,27). The van der Waals surface area contributed by atoms with Crippen LogP contribution in [-0.2, 0) is 0 Å². The van der Waals surface area contributed by atoms with Crippen LogP contribution in [0.3, 0.4) is 0 Å². The fourth-order valence-corrected chi connectivity index (χ4v) is 3.29. The van der Waals surface area contributed by atoms with E-state index in [2.05, 4.69) is 25.8 Å². The van der Waals surface area contributed by atoms with Crippen LogP contribution in [0.5, 0.6) is 0 Å². The van der Waals surface area contributed by atoms with E-state index in [0.29, 0.717) is 17.3 Å². The summed E-state index contributed by atoms with van der Waals surface area (Å²) < 4.78 is 1.89. The van der Waals surface area contributed by atoms with Crippen molar-refractivity contribution in [3.8, 4) is 5.69 Å². The summed E-state index contributed by atoms with van der Waals surface area (Å²) in [5.41, 5.74) is 8.46. The average Bonchev–Trinajstić information content (AvgIpc) is 3.32. The van der Waals surface area contributed by atoms with Gasteiger partial charge >= 0.3 is 0 Å². The molecule has 0 atom stereocenters. The first-order valence-corrected chi connectivity index (χ1v) is 9.06. The molecular formula is C20H22N6O. The minimum Gasteiger partial charge on any atom is -0.281 e.